The van der Waals surface area contributed by atoms with Gasteiger partial charge in [0.1, 0.15) is 0 Å². The maximum atomic E-state index is 11.9. The molecule has 0 spiro atoms. The van der Waals surface area contributed by atoms with E-state index in [0.29, 0.717) is 28.4 Å². The molecule has 4 nitrogen and oxygen atoms in total. The Morgan fingerprint density at radius 3 is 2.48 bits per heavy atom. The van der Waals surface area contributed by atoms with Gasteiger partial charge in [-0.3, -0.25) is 4.79 Å². The molecule has 1 amide bonds. The number of nitrogens with one attached hydrogen (secondary N) is 1. The number of thioether (sulfide) groups is 1. The van der Waals surface area contributed by atoms with E-state index in [1.807, 2.05) is 24.3 Å². The first-order chi connectivity index (χ1) is 11.1. The van der Waals surface area contributed by atoms with Gasteiger partial charge in [0.2, 0.25) is 5.91 Å². The minimum atomic E-state index is -0.404. The van der Waals surface area contributed by atoms with Crippen molar-refractivity contribution in [2.75, 3.05) is 18.2 Å². The van der Waals surface area contributed by atoms with Crippen LogP contribution in [0, 0.1) is 0 Å². The average Bonchev–Trinajstić information content (AvgIpc) is 2.56. The molecule has 6 heteroatoms. The van der Waals surface area contributed by atoms with Crippen LogP contribution < -0.4 is 5.32 Å². The van der Waals surface area contributed by atoms with Crippen LogP contribution in [0.3, 0.4) is 0 Å². The summed E-state index contributed by atoms with van der Waals surface area (Å²) in [6.45, 7) is 0. The molecule has 23 heavy (non-hydrogen) atoms. The molecule has 0 radical (unpaired) electrons. The van der Waals surface area contributed by atoms with Gasteiger partial charge in [-0.25, -0.2) is 4.79 Å². The van der Waals surface area contributed by atoms with Crippen LogP contribution in [0.15, 0.2) is 53.4 Å². The minimum Gasteiger partial charge on any atom is -0.465 e. The molecular weight excluding hydrogens is 334 g/mol. The highest BCUT2D eigenvalue weighted by molar-refractivity contribution is 7.99. The third-order valence-corrected chi connectivity index (χ3v) is 4.53. The molecule has 0 saturated carbocycles. The summed E-state index contributed by atoms with van der Waals surface area (Å²) in [6.07, 6.45) is 0.370. The Kier molecular flexibility index (Phi) is 6.50. The topological polar surface area (TPSA) is 55.4 Å². The van der Waals surface area contributed by atoms with E-state index in [1.165, 1.54) is 7.11 Å². The molecule has 0 atom stereocenters. The fourth-order valence-electron chi connectivity index (χ4n) is 1.85. The van der Waals surface area contributed by atoms with Gasteiger partial charge >= 0.3 is 5.97 Å². The summed E-state index contributed by atoms with van der Waals surface area (Å²) >= 11 is 7.60. The predicted molar refractivity (Wildman–Crippen MR) is 93.2 cm³/mol. The standard InChI is InChI=1S/C17H16ClNO3S/c1-22-17(21)12-6-8-13(9-7-12)19-16(20)10-11-23-15-5-3-2-4-14(15)18/h2-9H,10-11H2,1H3,(H,19,20). The molecule has 2 aromatic carbocycles. The highest BCUT2D eigenvalue weighted by atomic mass is 35.5. The highest BCUT2D eigenvalue weighted by Gasteiger charge is 2.07. The summed E-state index contributed by atoms with van der Waals surface area (Å²) in [4.78, 5) is 24.2. The van der Waals surface area contributed by atoms with Crippen molar-refractivity contribution in [1.29, 1.82) is 0 Å². The largest absolute Gasteiger partial charge is 0.465 e. The third kappa shape index (κ3) is 5.30. The maximum Gasteiger partial charge on any atom is 0.337 e. The number of carbonyl (C=O) groups excluding carboxylic acids is 2. The Bertz CT molecular complexity index is 688. The lowest BCUT2D eigenvalue weighted by molar-refractivity contribution is -0.115. The number of benzene rings is 2. The number of amides is 1. The first kappa shape index (κ1) is 17.4. The molecular formula is C17H16ClNO3S. The van der Waals surface area contributed by atoms with Crippen molar-refractivity contribution in [3.8, 4) is 0 Å². The summed E-state index contributed by atoms with van der Waals surface area (Å²) in [5, 5.41) is 3.48. The van der Waals surface area contributed by atoms with E-state index in [1.54, 1.807) is 36.0 Å². The summed E-state index contributed by atoms with van der Waals surface area (Å²) < 4.78 is 4.62. The number of halogens is 1. The number of carbonyl (C=O) groups is 2. The van der Waals surface area contributed by atoms with Crippen molar-refractivity contribution < 1.29 is 14.3 Å². The Hall–Kier alpha value is -1.98. The van der Waals surface area contributed by atoms with Crippen LogP contribution in [-0.4, -0.2) is 24.7 Å². The minimum absolute atomic E-state index is 0.0876. The molecule has 0 heterocycles. The molecule has 0 aromatic heterocycles. The fraction of sp³-hybridized carbons (Fsp3) is 0.176. The Morgan fingerprint density at radius 1 is 1.13 bits per heavy atom. The number of esters is 1. The van der Waals surface area contributed by atoms with Crippen molar-refractivity contribution in [3.05, 3.63) is 59.1 Å². The molecule has 120 valence electrons. The van der Waals surface area contributed by atoms with Gasteiger partial charge in [-0.05, 0) is 36.4 Å². The molecule has 1 N–H and O–H groups in total. The van der Waals surface area contributed by atoms with Crippen LogP contribution in [0.5, 0.6) is 0 Å². The number of anilines is 1. The van der Waals surface area contributed by atoms with Crippen molar-refractivity contribution in [2.45, 2.75) is 11.3 Å². The molecule has 0 unspecified atom stereocenters. The van der Waals surface area contributed by atoms with Crippen molar-refractivity contribution >= 4 is 40.9 Å². The molecule has 0 bridgehead atoms. The summed E-state index contributed by atoms with van der Waals surface area (Å²) in [5.74, 6) is 0.143. The smallest absolute Gasteiger partial charge is 0.337 e. The second-order valence-electron chi connectivity index (χ2n) is 4.65. The van der Waals surface area contributed by atoms with Gasteiger partial charge in [-0.2, -0.15) is 0 Å². The van der Waals surface area contributed by atoms with Crippen LogP contribution in [0.2, 0.25) is 5.02 Å². The number of hydrogen-bond donors (Lipinski definition) is 1. The third-order valence-electron chi connectivity index (χ3n) is 3.01. The first-order valence-electron chi connectivity index (χ1n) is 6.95. The summed E-state index contributed by atoms with van der Waals surface area (Å²) in [7, 11) is 1.33. The fourth-order valence-corrected chi connectivity index (χ4v) is 3.03. The van der Waals surface area contributed by atoms with Gasteiger partial charge in [0.25, 0.3) is 0 Å². The quantitative estimate of drug-likeness (QED) is 0.625. The van der Waals surface area contributed by atoms with Gasteiger partial charge in [-0.15, -0.1) is 11.8 Å². The van der Waals surface area contributed by atoms with Crippen LogP contribution in [-0.2, 0) is 9.53 Å². The lowest BCUT2D eigenvalue weighted by Gasteiger charge is -2.07. The molecule has 2 rings (SSSR count). The van der Waals surface area contributed by atoms with E-state index in [2.05, 4.69) is 10.1 Å². The maximum absolute atomic E-state index is 11.9. The Labute approximate surface area is 144 Å². The average molecular weight is 350 g/mol. The van der Waals surface area contributed by atoms with Crippen LogP contribution >= 0.6 is 23.4 Å². The Balaban J connectivity index is 1.81. The zero-order chi connectivity index (χ0) is 16.7. The molecule has 0 aliphatic rings. The first-order valence-corrected chi connectivity index (χ1v) is 8.32. The number of ether oxygens (including phenoxy) is 1. The van der Waals surface area contributed by atoms with Gasteiger partial charge in [0.05, 0.1) is 17.7 Å². The second-order valence-corrected chi connectivity index (χ2v) is 6.19. The van der Waals surface area contributed by atoms with Gasteiger partial charge in [-0.1, -0.05) is 23.7 Å². The number of methoxy groups -OCH3 is 1. The highest BCUT2D eigenvalue weighted by Crippen LogP contribution is 2.27. The van der Waals surface area contributed by atoms with Gasteiger partial charge in [0.15, 0.2) is 0 Å². The van der Waals surface area contributed by atoms with E-state index < -0.39 is 5.97 Å². The molecule has 2 aromatic rings. The van der Waals surface area contributed by atoms with Crippen LogP contribution in [0.1, 0.15) is 16.8 Å². The van der Waals surface area contributed by atoms with E-state index in [0.717, 1.165) is 4.90 Å². The van der Waals surface area contributed by atoms with E-state index in [4.69, 9.17) is 11.6 Å². The van der Waals surface area contributed by atoms with Crippen molar-refractivity contribution in [2.24, 2.45) is 0 Å². The zero-order valence-electron chi connectivity index (χ0n) is 12.5. The SMILES string of the molecule is COC(=O)c1ccc(NC(=O)CCSc2ccccc2Cl)cc1. The molecule has 0 aliphatic carbocycles. The van der Waals surface area contributed by atoms with E-state index in [9.17, 15) is 9.59 Å². The van der Waals surface area contributed by atoms with Crippen LogP contribution in [0.25, 0.3) is 0 Å². The number of rotatable bonds is 6. The van der Waals surface area contributed by atoms with E-state index >= 15 is 0 Å². The van der Waals surface area contributed by atoms with Crippen LogP contribution in [0.4, 0.5) is 5.69 Å². The molecule has 0 aliphatic heterocycles. The van der Waals surface area contributed by atoms with Gasteiger partial charge < -0.3 is 10.1 Å². The normalized spacial score (nSPS) is 10.2. The van der Waals surface area contributed by atoms with Gasteiger partial charge in [0, 0.05) is 22.8 Å². The predicted octanol–water partition coefficient (Wildman–Crippen LogP) is 4.25. The van der Waals surface area contributed by atoms with Crippen molar-refractivity contribution in [3.63, 3.8) is 0 Å². The van der Waals surface area contributed by atoms with Crippen molar-refractivity contribution in [1.82, 2.24) is 0 Å². The number of hydrogen-bond acceptors (Lipinski definition) is 4. The monoisotopic (exact) mass is 349 g/mol. The zero-order valence-corrected chi connectivity index (χ0v) is 14.1. The second kappa shape index (κ2) is 8.60. The van der Waals surface area contributed by atoms with E-state index in [-0.39, 0.29) is 5.91 Å². The summed E-state index contributed by atoms with van der Waals surface area (Å²) in [6, 6.07) is 14.1. The lowest BCUT2D eigenvalue weighted by atomic mass is 10.2. The Morgan fingerprint density at radius 2 is 1.83 bits per heavy atom. The summed E-state index contributed by atoms with van der Waals surface area (Å²) in [5.41, 5.74) is 1.09. The lowest BCUT2D eigenvalue weighted by Crippen LogP contribution is -2.12. The molecule has 0 saturated heterocycles. The molecule has 0 fully saturated rings.